The molecule has 4 aromatic rings. The van der Waals surface area contributed by atoms with E-state index in [0.717, 1.165) is 54.2 Å². The molecule has 0 N–H and O–H groups in total. The maximum atomic E-state index is 14.8. The van der Waals surface area contributed by atoms with Crippen LogP contribution in [-0.2, 0) is 25.7 Å². The molecule has 0 bridgehead atoms. The fourth-order valence-electron chi connectivity index (χ4n) is 4.34. The lowest BCUT2D eigenvalue weighted by molar-refractivity contribution is 0.621. The van der Waals surface area contributed by atoms with Crippen molar-refractivity contribution in [2.75, 3.05) is 0 Å². The Balaban J connectivity index is 1.36. The summed E-state index contributed by atoms with van der Waals surface area (Å²) in [5.74, 6) is 6.35. The second-order valence-corrected chi connectivity index (χ2v) is 9.17. The van der Waals surface area contributed by atoms with E-state index in [-0.39, 0.29) is 5.82 Å². The molecule has 0 saturated carbocycles. The van der Waals surface area contributed by atoms with Crippen LogP contribution in [0.25, 0.3) is 10.8 Å². The van der Waals surface area contributed by atoms with E-state index in [2.05, 4.69) is 86.0 Å². The Labute approximate surface area is 215 Å². The minimum atomic E-state index is -0.134. The molecule has 36 heavy (non-hydrogen) atoms. The Kier molecular flexibility index (Phi) is 8.90. The average molecular weight is 473 g/mol. The second-order valence-electron chi connectivity index (χ2n) is 9.17. The molecule has 4 rings (SSSR count). The average Bonchev–Trinajstić information content (AvgIpc) is 2.92. The van der Waals surface area contributed by atoms with Crippen molar-refractivity contribution in [2.45, 2.75) is 45.4 Å². The molecule has 0 aliphatic carbocycles. The Morgan fingerprint density at radius 3 is 1.97 bits per heavy atom. The van der Waals surface area contributed by atoms with Gasteiger partial charge in [0.05, 0.1) is 0 Å². The Morgan fingerprint density at radius 2 is 1.31 bits per heavy atom. The van der Waals surface area contributed by atoms with Crippen LogP contribution in [0, 0.1) is 17.7 Å². The highest BCUT2D eigenvalue weighted by Crippen LogP contribution is 2.23. The van der Waals surface area contributed by atoms with Gasteiger partial charge in [0.1, 0.15) is 5.82 Å². The monoisotopic (exact) mass is 472 g/mol. The SMILES string of the molecule is C=CCCc1ccc2cc(C#Cc3ccc(CCc4ccc(CC/C=C/C)cc4)cc3)ccc2c1F. The number of benzene rings is 4. The standard InChI is InChI=1S/C35H33F/c1-3-5-7-8-27-10-12-28(13-11-27)14-15-29-16-18-30(19-17-29)20-21-31-22-25-34-33(26-31)24-23-32(35(34)36)9-6-4-2/h3-5,10-13,16-19,22-26H,2,6-9,14-15H2,1H3/b5-3+. The van der Waals surface area contributed by atoms with Gasteiger partial charge in [-0.25, -0.2) is 4.39 Å². The van der Waals surface area contributed by atoms with Gasteiger partial charge in [0, 0.05) is 16.5 Å². The fraction of sp³-hybridized carbons (Fsp3) is 0.200. The highest BCUT2D eigenvalue weighted by Gasteiger charge is 2.07. The summed E-state index contributed by atoms with van der Waals surface area (Å²) in [6, 6.07) is 27.0. The molecule has 0 amide bonds. The van der Waals surface area contributed by atoms with Gasteiger partial charge in [0.25, 0.3) is 0 Å². The summed E-state index contributed by atoms with van der Waals surface area (Å²) < 4.78 is 14.8. The topological polar surface area (TPSA) is 0 Å². The largest absolute Gasteiger partial charge is 0.206 e. The van der Waals surface area contributed by atoms with Crippen LogP contribution in [0.5, 0.6) is 0 Å². The summed E-state index contributed by atoms with van der Waals surface area (Å²) >= 11 is 0. The summed E-state index contributed by atoms with van der Waals surface area (Å²) in [5.41, 5.74) is 6.68. The van der Waals surface area contributed by atoms with Crippen molar-refractivity contribution in [3.63, 3.8) is 0 Å². The van der Waals surface area contributed by atoms with Crippen LogP contribution in [0.2, 0.25) is 0 Å². The molecule has 0 aromatic heterocycles. The summed E-state index contributed by atoms with van der Waals surface area (Å²) in [4.78, 5) is 0. The van der Waals surface area contributed by atoms with Crippen molar-refractivity contribution in [1.82, 2.24) is 0 Å². The van der Waals surface area contributed by atoms with Crippen molar-refractivity contribution >= 4 is 10.8 Å². The van der Waals surface area contributed by atoms with Crippen LogP contribution >= 0.6 is 0 Å². The predicted molar refractivity (Wildman–Crippen MR) is 152 cm³/mol. The first-order valence-corrected chi connectivity index (χ1v) is 12.8. The molecule has 0 heterocycles. The zero-order valence-electron chi connectivity index (χ0n) is 21.1. The summed E-state index contributed by atoms with van der Waals surface area (Å²) in [6.45, 7) is 5.79. The summed E-state index contributed by atoms with van der Waals surface area (Å²) in [6.07, 6.45) is 11.8. The molecule has 0 aliphatic rings. The Hall–Kier alpha value is -3.89. The molecule has 0 radical (unpaired) electrons. The molecular weight excluding hydrogens is 439 g/mol. The fourth-order valence-corrected chi connectivity index (χ4v) is 4.34. The lowest BCUT2D eigenvalue weighted by atomic mass is 10.0. The van der Waals surface area contributed by atoms with Gasteiger partial charge in [-0.2, -0.15) is 0 Å². The quantitative estimate of drug-likeness (QED) is 0.169. The first kappa shape index (κ1) is 25.2. The van der Waals surface area contributed by atoms with E-state index in [1.54, 1.807) is 0 Å². The van der Waals surface area contributed by atoms with Crippen molar-refractivity contribution in [3.05, 3.63) is 143 Å². The van der Waals surface area contributed by atoms with Gasteiger partial charge in [0.15, 0.2) is 0 Å². The highest BCUT2D eigenvalue weighted by molar-refractivity contribution is 5.85. The molecule has 0 nitrogen and oxygen atoms in total. The van der Waals surface area contributed by atoms with Crippen LogP contribution in [0.1, 0.15) is 53.1 Å². The van der Waals surface area contributed by atoms with Crippen molar-refractivity contribution in [3.8, 4) is 11.8 Å². The van der Waals surface area contributed by atoms with Gasteiger partial charge < -0.3 is 0 Å². The van der Waals surface area contributed by atoms with Crippen LogP contribution in [0.15, 0.2) is 104 Å². The van der Waals surface area contributed by atoms with Crippen LogP contribution < -0.4 is 0 Å². The number of aryl methyl sites for hydroxylation is 4. The number of hydrogen-bond acceptors (Lipinski definition) is 0. The van der Waals surface area contributed by atoms with E-state index in [1.807, 2.05) is 36.4 Å². The first-order chi connectivity index (χ1) is 17.7. The number of fused-ring (bicyclic) bond motifs is 1. The van der Waals surface area contributed by atoms with E-state index >= 15 is 0 Å². The summed E-state index contributed by atoms with van der Waals surface area (Å²) in [7, 11) is 0. The lowest BCUT2D eigenvalue weighted by Gasteiger charge is -2.06. The molecule has 0 saturated heterocycles. The van der Waals surface area contributed by atoms with E-state index < -0.39 is 0 Å². The smallest absolute Gasteiger partial charge is 0.134 e. The zero-order chi connectivity index (χ0) is 25.2. The third-order valence-corrected chi connectivity index (χ3v) is 6.52. The normalized spacial score (nSPS) is 10.9. The third kappa shape index (κ3) is 6.83. The van der Waals surface area contributed by atoms with Gasteiger partial charge in [-0.05, 0) is 97.4 Å². The van der Waals surface area contributed by atoms with Crippen LogP contribution in [-0.4, -0.2) is 0 Å². The van der Waals surface area contributed by atoms with Crippen LogP contribution in [0.3, 0.4) is 0 Å². The summed E-state index contributed by atoms with van der Waals surface area (Å²) in [5, 5.41) is 1.53. The lowest BCUT2D eigenvalue weighted by Crippen LogP contribution is -1.92. The van der Waals surface area contributed by atoms with Gasteiger partial charge in [-0.1, -0.05) is 84.7 Å². The van der Waals surface area contributed by atoms with Crippen molar-refractivity contribution in [2.24, 2.45) is 0 Å². The van der Waals surface area contributed by atoms with Crippen molar-refractivity contribution in [1.29, 1.82) is 0 Å². The molecule has 1 heteroatoms. The molecule has 0 fully saturated rings. The number of rotatable bonds is 9. The van der Waals surface area contributed by atoms with Gasteiger partial charge >= 0.3 is 0 Å². The minimum absolute atomic E-state index is 0.134. The Morgan fingerprint density at radius 1 is 0.694 bits per heavy atom. The maximum absolute atomic E-state index is 14.8. The molecule has 180 valence electrons. The second kappa shape index (κ2) is 12.7. The Bertz CT molecular complexity index is 1390. The van der Waals surface area contributed by atoms with E-state index in [1.165, 1.54) is 16.7 Å². The van der Waals surface area contributed by atoms with Crippen LogP contribution in [0.4, 0.5) is 4.39 Å². The molecule has 4 aromatic carbocycles. The molecule has 0 aliphatic heterocycles. The number of halogens is 1. The zero-order valence-corrected chi connectivity index (χ0v) is 21.1. The van der Waals surface area contributed by atoms with Gasteiger partial charge in [-0.15, -0.1) is 6.58 Å². The van der Waals surface area contributed by atoms with Gasteiger partial charge in [0.2, 0.25) is 0 Å². The van der Waals surface area contributed by atoms with Crippen molar-refractivity contribution < 1.29 is 4.39 Å². The molecule has 0 atom stereocenters. The number of allylic oxidation sites excluding steroid dienone is 3. The van der Waals surface area contributed by atoms with E-state index in [9.17, 15) is 4.39 Å². The van der Waals surface area contributed by atoms with Gasteiger partial charge in [-0.3, -0.25) is 0 Å². The number of hydrogen-bond donors (Lipinski definition) is 0. The first-order valence-electron chi connectivity index (χ1n) is 12.8. The van der Waals surface area contributed by atoms with E-state index in [4.69, 9.17) is 0 Å². The molecule has 0 spiro atoms. The third-order valence-electron chi connectivity index (χ3n) is 6.52. The minimum Gasteiger partial charge on any atom is -0.206 e. The van der Waals surface area contributed by atoms with E-state index in [0.29, 0.717) is 11.8 Å². The molecular formula is C35H33F. The highest BCUT2D eigenvalue weighted by atomic mass is 19.1. The maximum Gasteiger partial charge on any atom is 0.134 e. The predicted octanol–water partition coefficient (Wildman–Crippen LogP) is 8.79. The molecule has 0 unspecified atom stereocenters.